The number of rotatable bonds is 3. The Labute approximate surface area is 90.3 Å². The van der Waals surface area contributed by atoms with Crippen molar-refractivity contribution in [3.05, 3.63) is 35.9 Å². The normalized spacial score (nSPS) is 19.7. The number of ether oxygens (including phenoxy) is 1. The molecule has 0 radical (unpaired) electrons. The second-order valence-electron chi connectivity index (χ2n) is 4.02. The van der Waals surface area contributed by atoms with Crippen LogP contribution in [0.15, 0.2) is 30.3 Å². The average Bonchev–Trinajstić information content (AvgIpc) is 2.33. The second kappa shape index (κ2) is 5.08. The first-order valence-electron chi connectivity index (χ1n) is 5.50. The monoisotopic (exact) mass is 204 g/mol. The highest BCUT2D eigenvalue weighted by Gasteiger charge is 2.24. The first kappa shape index (κ1) is 10.4. The number of benzene rings is 1. The van der Waals surface area contributed by atoms with E-state index in [1.165, 1.54) is 0 Å². The number of carbonyl (C=O) groups is 1. The highest BCUT2D eigenvalue weighted by Crippen LogP contribution is 2.30. The van der Waals surface area contributed by atoms with Gasteiger partial charge < -0.3 is 9.53 Å². The molecule has 0 amide bonds. The van der Waals surface area contributed by atoms with Crippen LogP contribution in [0.1, 0.15) is 24.3 Å². The molecule has 0 unspecified atom stereocenters. The van der Waals surface area contributed by atoms with E-state index in [1.54, 1.807) is 0 Å². The largest absolute Gasteiger partial charge is 0.381 e. The molecule has 15 heavy (non-hydrogen) atoms. The van der Waals surface area contributed by atoms with Crippen molar-refractivity contribution < 1.29 is 9.53 Å². The Kier molecular flexibility index (Phi) is 3.51. The molecule has 0 bridgehead atoms. The predicted octanol–water partition coefficient (Wildman–Crippen LogP) is 2.40. The van der Waals surface area contributed by atoms with Crippen LogP contribution >= 0.6 is 0 Å². The summed E-state index contributed by atoms with van der Waals surface area (Å²) in [6.45, 7) is 1.59. The summed E-state index contributed by atoms with van der Waals surface area (Å²) in [5.74, 6) is 0.508. The van der Waals surface area contributed by atoms with Crippen LogP contribution in [0.25, 0.3) is 0 Å². The van der Waals surface area contributed by atoms with E-state index < -0.39 is 0 Å². The lowest BCUT2D eigenvalue weighted by atomic mass is 9.82. The fraction of sp³-hybridized carbons (Fsp3) is 0.462. The molecule has 1 saturated heterocycles. The van der Waals surface area contributed by atoms with E-state index in [2.05, 4.69) is 0 Å². The smallest absolute Gasteiger partial charge is 0.127 e. The van der Waals surface area contributed by atoms with Crippen LogP contribution in [0, 0.1) is 5.92 Å². The molecule has 1 aliphatic rings. The van der Waals surface area contributed by atoms with Crippen LogP contribution in [-0.2, 0) is 9.53 Å². The van der Waals surface area contributed by atoms with Gasteiger partial charge in [0, 0.05) is 19.1 Å². The molecule has 2 nitrogen and oxygen atoms in total. The van der Waals surface area contributed by atoms with Gasteiger partial charge in [0.15, 0.2) is 0 Å². The third kappa shape index (κ3) is 2.45. The number of hydrogen-bond acceptors (Lipinski definition) is 2. The number of carbonyl (C=O) groups excluding carboxylic acids is 1. The van der Waals surface area contributed by atoms with E-state index in [0.717, 1.165) is 37.9 Å². The molecular formula is C13H16O2. The first-order chi connectivity index (χ1) is 7.42. The summed E-state index contributed by atoms with van der Waals surface area (Å²) in [7, 11) is 0. The van der Waals surface area contributed by atoms with Crippen molar-refractivity contribution in [2.45, 2.75) is 18.8 Å². The molecule has 1 aliphatic heterocycles. The second-order valence-corrected chi connectivity index (χ2v) is 4.02. The molecule has 1 aromatic rings. The van der Waals surface area contributed by atoms with Crippen molar-refractivity contribution in [3.8, 4) is 0 Å². The molecule has 80 valence electrons. The fourth-order valence-corrected chi connectivity index (χ4v) is 2.21. The van der Waals surface area contributed by atoms with E-state index >= 15 is 0 Å². The van der Waals surface area contributed by atoms with Crippen molar-refractivity contribution in [2.75, 3.05) is 13.2 Å². The molecule has 0 aromatic heterocycles. The average molecular weight is 204 g/mol. The molecule has 1 fully saturated rings. The summed E-state index contributed by atoms with van der Waals surface area (Å²) in [6.07, 6.45) is 3.09. The summed E-state index contributed by atoms with van der Waals surface area (Å²) in [5, 5.41) is 0. The van der Waals surface area contributed by atoms with E-state index in [9.17, 15) is 4.79 Å². The van der Waals surface area contributed by atoms with E-state index in [0.29, 0.717) is 5.92 Å². The molecule has 0 saturated carbocycles. The van der Waals surface area contributed by atoms with E-state index in [-0.39, 0.29) is 5.92 Å². The van der Waals surface area contributed by atoms with Crippen molar-refractivity contribution in [3.63, 3.8) is 0 Å². The lowest BCUT2D eigenvalue weighted by Gasteiger charge is -2.27. The first-order valence-corrected chi connectivity index (χ1v) is 5.50. The molecule has 1 heterocycles. The molecule has 0 N–H and O–H groups in total. The van der Waals surface area contributed by atoms with Gasteiger partial charge in [-0.2, -0.15) is 0 Å². The van der Waals surface area contributed by atoms with Gasteiger partial charge >= 0.3 is 0 Å². The van der Waals surface area contributed by atoms with Gasteiger partial charge in [-0.15, -0.1) is 0 Å². The maximum Gasteiger partial charge on any atom is 0.127 e. The van der Waals surface area contributed by atoms with E-state index in [1.807, 2.05) is 30.3 Å². The van der Waals surface area contributed by atoms with Gasteiger partial charge in [0.05, 0.1) is 0 Å². The number of hydrogen-bond donors (Lipinski definition) is 0. The van der Waals surface area contributed by atoms with Crippen LogP contribution in [-0.4, -0.2) is 19.5 Å². The van der Waals surface area contributed by atoms with Gasteiger partial charge in [-0.25, -0.2) is 0 Å². The Balaban J connectivity index is 2.12. The predicted molar refractivity (Wildman–Crippen MR) is 58.8 cm³/mol. The Bertz CT molecular complexity index is 302. The molecule has 1 aromatic carbocycles. The van der Waals surface area contributed by atoms with Crippen molar-refractivity contribution in [1.82, 2.24) is 0 Å². The van der Waals surface area contributed by atoms with Gasteiger partial charge in [0.25, 0.3) is 0 Å². The Morgan fingerprint density at radius 2 is 1.87 bits per heavy atom. The van der Waals surface area contributed by atoms with Gasteiger partial charge in [0.1, 0.15) is 6.29 Å². The summed E-state index contributed by atoms with van der Waals surface area (Å²) in [6, 6.07) is 10.0. The maximum atomic E-state index is 11.2. The van der Waals surface area contributed by atoms with Gasteiger partial charge in [-0.3, -0.25) is 0 Å². The Morgan fingerprint density at radius 3 is 2.47 bits per heavy atom. The molecule has 1 atom stereocenters. The quantitative estimate of drug-likeness (QED) is 0.707. The Morgan fingerprint density at radius 1 is 1.20 bits per heavy atom. The molecule has 2 rings (SSSR count). The van der Waals surface area contributed by atoms with Crippen LogP contribution in [0.2, 0.25) is 0 Å². The maximum absolute atomic E-state index is 11.2. The van der Waals surface area contributed by atoms with Crippen molar-refractivity contribution >= 4 is 6.29 Å². The summed E-state index contributed by atoms with van der Waals surface area (Å²) < 4.78 is 5.31. The zero-order chi connectivity index (χ0) is 10.5. The van der Waals surface area contributed by atoms with Crippen LogP contribution in [0.3, 0.4) is 0 Å². The van der Waals surface area contributed by atoms with Gasteiger partial charge in [-0.1, -0.05) is 30.3 Å². The van der Waals surface area contributed by atoms with E-state index in [4.69, 9.17) is 4.74 Å². The topological polar surface area (TPSA) is 26.3 Å². The summed E-state index contributed by atoms with van der Waals surface area (Å²) in [4.78, 5) is 11.2. The molecular weight excluding hydrogens is 188 g/mol. The Hall–Kier alpha value is -1.15. The third-order valence-electron chi connectivity index (χ3n) is 3.10. The summed E-state index contributed by atoms with van der Waals surface area (Å²) in [5.41, 5.74) is 1.14. The minimum absolute atomic E-state index is 0.0510. The molecule has 2 heteroatoms. The van der Waals surface area contributed by atoms with Gasteiger partial charge in [-0.05, 0) is 24.3 Å². The zero-order valence-electron chi connectivity index (χ0n) is 8.76. The fourth-order valence-electron chi connectivity index (χ4n) is 2.21. The highest BCUT2D eigenvalue weighted by molar-refractivity contribution is 5.62. The van der Waals surface area contributed by atoms with Crippen LogP contribution in [0.4, 0.5) is 0 Å². The lowest BCUT2D eigenvalue weighted by Crippen LogP contribution is -2.22. The molecule has 0 spiro atoms. The highest BCUT2D eigenvalue weighted by atomic mass is 16.5. The zero-order valence-corrected chi connectivity index (χ0v) is 8.76. The lowest BCUT2D eigenvalue weighted by molar-refractivity contribution is -0.110. The van der Waals surface area contributed by atoms with Crippen LogP contribution < -0.4 is 0 Å². The van der Waals surface area contributed by atoms with Crippen molar-refractivity contribution in [1.29, 1.82) is 0 Å². The third-order valence-corrected chi connectivity index (χ3v) is 3.10. The van der Waals surface area contributed by atoms with Crippen LogP contribution in [0.5, 0.6) is 0 Å². The van der Waals surface area contributed by atoms with Gasteiger partial charge in [0.2, 0.25) is 0 Å². The SMILES string of the molecule is O=C[C@H](c1ccccc1)C1CCOCC1. The standard InChI is InChI=1S/C13H16O2/c14-10-13(11-4-2-1-3-5-11)12-6-8-15-9-7-12/h1-5,10,12-13H,6-9H2/t13-/m1/s1. The van der Waals surface area contributed by atoms with Crippen molar-refractivity contribution in [2.24, 2.45) is 5.92 Å². The summed E-state index contributed by atoms with van der Waals surface area (Å²) >= 11 is 0. The number of aldehydes is 1. The minimum Gasteiger partial charge on any atom is -0.381 e. The molecule has 0 aliphatic carbocycles. The minimum atomic E-state index is 0.0510.